The highest BCUT2D eigenvalue weighted by atomic mass is 79.9. The molecule has 0 radical (unpaired) electrons. The molecule has 0 atom stereocenters. The van der Waals surface area contributed by atoms with E-state index in [1.807, 2.05) is 31.3 Å². The van der Waals surface area contributed by atoms with Crippen molar-refractivity contribution >= 4 is 26.8 Å². The van der Waals surface area contributed by atoms with Crippen molar-refractivity contribution in [3.05, 3.63) is 34.9 Å². The summed E-state index contributed by atoms with van der Waals surface area (Å²) in [5, 5.41) is 4.15. The van der Waals surface area contributed by atoms with Crippen molar-refractivity contribution in [1.82, 2.24) is 10.3 Å². The molecule has 0 aliphatic rings. The molecule has 1 heterocycles. The fourth-order valence-electron chi connectivity index (χ4n) is 1.65. The third-order valence-corrected chi connectivity index (χ3v) is 2.99. The van der Waals surface area contributed by atoms with Gasteiger partial charge in [0, 0.05) is 16.1 Å². The van der Waals surface area contributed by atoms with Crippen molar-refractivity contribution in [2.45, 2.75) is 6.42 Å². The summed E-state index contributed by atoms with van der Waals surface area (Å²) in [6, 6.07) is 7.92. The number of benzene rings is 1. The Labute approximate surface area is 109 Å². The molecule has 0 saturated carbocycles. The van der Waals surface area contributed by atoms with Gasteiger partial charge >= 0.3 is 0 Å². The average Bonchev–Trinajstić information content (AvgIpc) is 2.35. The summed E-state index contributed by atoms with van der Waals surface area (Å²) in [5.41, 5.74) is 0.958. The van der Waals surface area contributed by atoms with Gasteiger partial charge in [0.1, 0.15) is 5.75 Å². The number of ether oxygens (including phenoxy) is 1. The SMILES string of the molecule is CNCCCOc1ccnc2ccc(Br)cc12. The van der Waals surface area contributed by atoms with Gasteiger partial charge in [-0.25, -0.2) is 0 Å². The third-order valence-electron chi connectivity index (χ3n) is 2.49. The molecule has 0 spiro atoms. The molecule has 90 valence electrons. The first kappa shape index (κ1) is 12.3. The normalized spacial score (nSPS) is 10.7. The van der Waals surface area contributed by atoms with Crippen LogP contribution in [0.15, 0.2) is 34.9 Å². The van der Waals surface area contributed by atoms with Gasteiger partial charge in [-0.3, -0.25) is 4.98 Å². The lowest BCUT2D eigenvalue weighted by atomic mass is 10.2. The quantitative estimate of drug-likeness (QED) is 0.861. The van der Waals surface area contributed by atoms with Crippen LogP contribution in [0.3, 0.4) is 0 Å². The van der Waals surface area contributed by atoms with Crippen LogP contribution in [0.5, 0.6) is 5.75 Å². The number of rotatable bonds is 5. The summed E-state index contributed by atoms with van der Waals surface area (Å²) >= 11 is 3.47. The van der Waals surface area contributed by atoms with Gasteiger partial charge < -0.3 is 10.1 Å². The molecule has 2 rings (SSSR count). The largest absolute Gasteiger partial charge is 0.493 e. The van der Waals surface area contributed by atoms with E-state index in [-0.39, 0.29) is 0 Å². The first-order valence-electron chi connectivity index (χ1n) is 5.63. The molecule has 1 N–H and O–H groups in total. The Morgan fingerprint density at radius 1 is 1.35 bits per heavy atom. The van der Waals surface area contributed by atoms with Crippen LogP contribution in [0, 0.1) is 0 Å². The molecule has 1 aromatic heterocycles. The number of hydrogen-bond donors (Lipinski definition) is 1. The Balaban J connectivity index is 2.18. The van der Waals surface area contributed by atoms with E-state index >= 15 is 0 Å². The second kappa shape index (κ2) is 5.98. The van der Waals surface area contributed by atoms with Gasteiger partial charge in [0.05, 0.1) is 12.1 Å². The number of pyridine rings is 1. The molecule has 0 aliphatic carbocycles. The maximum Gasteiger partial charge on any atom is 0.130 e. The van der Waals surface area contributed by atoms with Gasteiger partial charge in [0.2, 0.25) is 0 Å². The van der Waals surface area contributed by atoms with E-state index in [1.54, 1.807) is 6.20 Å². The van der Waals surface area contributed by atoms with Crippen molar-refractivity contribution in [2.75, 3.05) is 20.2 Å². The van der Waals surface area contributed by atoms with Crippen LogP contribution in [0.1, 0.15) is 6.42 Å². The molecule has 3 nitrogen and oxygen atoms in total. The smallest absolute Gasteiger partial charge is 0.130 e. The lowest BCUT2D eigenvalue weighted by molar-refractivity contribution is 0.313. The zero-order valence-corrected chi connectivity index (χ0v) is 11.3. The first-order chi connectivity index (χ1) is 8.31. The van der Waals surface area contributed by atoms with Gasteiger partial charge in [-0.05, 0) is 44.3 Å². The van der Waals surface area contributed by atoms with E-state index in [2.05, 4.69) is 26.2 Å². The Morgan fingerprint density at radius 2 is 2.24 bits per heavy atom. The zero-order chi connectivity index (χ0) is 12.1. The highest BCUT2D eigenvalue weighted by Crippen LogP contribution is 2.26. The van der Waals surface area contributed by atoms with Crippen LogP contribution in [0.4, 0.5) is 0 Å². The lowest BCUT2D eigenvalue weighted by Crippen LogP contribution is -2.11. The number of aromatic nitrogens is 1. The summed E-state index contributed by atoms with van der Waals surface area (Å²) < 4.78 is 6.82. The van der Waals surface area contributed by atoms with Gasteiger partial charge in [-0.15, -0.1) is 0 Å². The van der Waals surface area contributed by atoms with Crippen LogP contribution < -0.4 is 10.1 Å². The minimum absolute atomic E-state index is 0.715. The van der Waals surface area contributed by atoms with Gasteiger partial charge in [-0.2, -0.15) is 0 Å². The van der Waals surface area contributed by atoms with Crippen LogP contribution in [0.2, 0.25) is 0 Å². The molecule has 0 bridgehead atoms. The molecule has 0 amide bonds. The third kappa shape index (κ3) is 3.17. The first-order valence-corrected chi connectivity index (χ1v) is 6.42. The number of hydrogen-bond acceptors (Lipinski definition) is 3. The maximum absolute atomic E-state index is 5.78. The summed E-state index contributed by atoms with van der Waals surface area (Å²) in [5.74, 6) is 0.896. The minimum Gasteiger partial charge on any atom is -0.493 e. The van der Waals surface area contributed by atoms with Crippen molar-refractivity contribution in [3.8, 4) is 5.75 Å². The standard InChI is InChI=1S/C13H15BrN2O/c1-15-6-2-8-17-13-5-7-16-12-4-3-10(14)9-11(12)13/h3-5,7,9,15H,2,6,8H2,1H3. The lowest BCUT2D eigenvalue weighted by Gasteiger charge is -2.09. The fourth-order valence-corrected chi connectivity index (χ4v) is 2.01. The Hall–Kier alpha value is -1.13. The molecular formula is C13H15BrN2O. The number of fused-ring (bicyclic) bond motifs is 1. The Kier molecular flexibility index (Phi) is 4.34. The van der Waals surface area contributed by atoms with Crippen LogP contribution in [0.25, 0.3) is 10.9 Å². The van der Waals surface area contributed by atoms with Gasteiger partial charge in [0.25, 0.3) is 0 Å². The fraction of sp³-hybridized carbons (Fsp3) is 0.308. The summed E-state index contributed by atoms with van der Waals surface area (Å²) in [4.78, 5) is 4.31. The molecule has 0 aliphatic heterocycles. The van der Waals surface area contributed by atoms with E-state index in [4.69, 9.17) is 4.74 Å². The number of halogens is 1. The zero-order valence-electron chi connectivity index (χ0n) is 9.74. The van der Waals surface area contributed by atoms with Crippen molar-refractivity contribution in [3.63, 3.8) is 0 Å². The molecule has 2 aromatic rings. The molecule has 0 unspecified atom stereocenters. The number of nitrogens with one attached hydrogen (secondary N) is 1. The highest BCUT2D eigenvalue weighted by molar-refractivity contribution is 9.10. The van der Waals surface area contributed by atoms with Crippen LogP contribution in [-0.2, 0) is 0 Å². The van der Waals surface area contributed by atoms with E-state index in [0.29, 0.717) is 6.61 Å². The van der Waals surface area contributed by atoms with Crippen molar-refractivity contribution < 1.29 is 4.74 Å². The van der Waals surface area contributed by atoms with Crippen LogP contribution >= 0.6 is 15.9 Å². The molecule has 17 heavy (non-hydrogen) atoms. The second-order valence-corrected chi connectivity index (χ2v) is 4.69. The predicted octanol–water partition coefficient (Wildman–Crippen LogP) is 2.99. The van der Waals surface area contributed by atoms with Crippen molar-refractivity contribution in [1.29, 1.82) is 0 Å². The Morgan fingerprint density at radius 3 is 3.06 bits per heavy atom. The van der Waals surface area contributed by atoms with E-state index in [1.165, 1.54) is 0 Å². The topological polar surface area (TPSA) is 34.1 Å². The molecule has 0 saturated heterocycles. The monoisotopic (exact) mass is 294 g/mol. The second-order valence-electron chi connectivity index (χ2n) is 3.78. The van der Waals surface area contributed by atoms with Gasteiger partial charge in [0.15, 0.2) is 0 Å². The average molecular weight is 295 g/mol. The molecule has 1 aromatic carbocycles. The summed E-state index contributed by atoms with van der Waals surface area (Å²) in [7, 11) is 1.94. The van der Waals surface area contributed by atoms with E-state index in [9.17, 15) is 0 Å². The van der Waals surface area contributed by atoms with Crippen molar-refractivity contribution in [2.24, 2.45) is 0 Å². The van der Waals surface area contributed by atoms with Crippen LogP contribution in [-0.4, -0.2) is 25.2 Å². The Bertz CT molecular complexity index is 502. The number of nitrogens with zero attached hydrogens (tertiary/aromatic N) is 1. The minimum atomic E-state index is 0.715. The van der Waals surface area contributed by atoms with E-state index in [0.717, 1.165) is 34.1 Å². The predicted molar refractivity (Wildman–Crippen MR) is 73.5 cm³/mol. The van der Waals surface area contributed by atoms with E-state index < -0.39 is 0 Å². The van der Waals surface area contributed by atoms with Gasteiger partial charge in [-0.1, -0.05) is 15.9 Å². The molecule has 0 fully saturated rings. The molecular weight excluding hydrogens is 280 g/mol. The maximum atomic E-state index is 5.78. The molecule has 4 heteroatoms. The summed E-state index contributed by atoms with van der Waals surface area (Å²) in [6.45, 7) is 1.68. The highest BCUT2D eigenvalue weighted by Gasteiger charge is 2.03. The summed E-state index contributed by atoms with van der Waals surface area (Å²) in [6.07, 6.45) is 2.78.